The molecule has 35 heavy (non-hydrogen) atoms. The van der Waals surface area contributed by atoms with Crippen LogP contribution in [-0.4, -0.2) is 30.0 Å². The van der Waals surface area contributed by atoms with Crippen LogP contribution in [0.2, 0.25) is 5.02 Å². The van der Waals surface area contributed by atoms with Crippen LogP contribution in [0.15, 0.2) is 35.8 Å². The van der Waals surface area contributed by atoms with E-state index in [1.165, 1.54) is 5.56 Å². The van der Waals surface area contributed by atoms with Crippen LogP contribution in [0.5, 0.6) is 17.2 Å². The van der Waals surface area contributed by atoms with E-state index in [0.29, 0.717) is 34.5 Å². The molecular formula is C27H28ClNO5S. The molecule has 2 amide bonds. The average Bonchev–Trinajstić information content (AvgIpc) is 3.13. The number of nitrogens with one attached hydrogen (secondary N) is 1. The highest BCUT2D eigenvalue weighted by atomic mass is 35.5. The number of ether oxygens (including phenoxy) is 3. The van der Waals surface area contributed by atoms with Gasteiger partial charge in [0.15, 0.2) is 0 Å². The van der Waals surface area contributed by atoms with Crippen molar-refractivity contribution in [2.45, 2.75) is 46.1 Å². The van der Waals surface area contributed by atoms with Crippen molar-refractivity contribution in [3.8, 4) is 17.2 Å². The lowest BCUT2D eigenvalue weighted by molar-refractivity contribution is -0.115. The second-order valence-corrected chi connectivity index (χ2v) is 10.4. The fourth-order valence-corrected chi connectivity index (χ4v) is 5.19. The van der Waals surface area contributed by atoms with Gasteiger partial charge in [0.2, 0.25) is 0 Å². The number of hydrogen-bond donors (Lipinski definition) is 1. The zero-order chi connectivity index (χ0) is 25.3. The van der Waals surface area contributed by atoms with E-state index in [2.05, 4.69) is 25.7 Å². The predicted molar refractivity (Wildman–Crippen MR) is 140 cm³/mol. The summed E-state index contributed by atoms with van der Waals surface area (Å²) in [5, 5.41) is 2.28. The zero-order valence-corrected chi connectivity index (χ0v) is 21.8. The molecule has 2 heterocycles. The third-order valence-electron chi connectivity index (χ3n) is 6.34. The highest BCUT2D eigenvalue weighted by Gasteiger charge is 2.36. The maximum atomic E-state index is 11.8. The quantitative estimate of drug-likeness (QED) is 0.345. The van der Waals surface area contributed by atoms with Crippen LogP contribution in [0, 0.1) is 20.8 Å². The minimum absolute atomic E-state index is 0.325. The standard InChI is InChI=1S/C27H28ClNO5S/c1-6-11-32-23-15(2)16(3)24-19(17(23)4)9-10-27(5,34-24)14-33-21-8-7-18(12-20(21)28)13-22-25(30)29-26(31)35-22/h6-8,12-13H,1,9-11,14H2,2-5H3,(H,29,30,31)/b22-13-. The number of rotatable bonds is 7. The van der Waals surface area contributed by atoms with Crippen molar-refractivity contribution < 1.29 is 23.8 Å². The van der Waals surface area contributed by atoms with Crippen molar-refractivity contribution in [3.63, 3.8) is 0 Å². The minimum Gasteiger partial charge on any atom is -0.489 e. The van der Waals surface area contributed by atoms with Crippen molar-refractivity contribution >= 4 is 40.6 Å². The van der Waals surface area contributed by atoms with Crippen LogP contribution in [-0.2, 0) is 11.2 Å². The molecule has 1 unspecified atom stereocenters. The van der Waals surface area contributed by atoms with Crippen LogP contribution in [0.4, 0.5) is 4.79 Å². The maximum absolute atomic E-state index is 11.8. The van der Waals surface area contributed by atoms with E-state index in [1.54, 1.807) is 30.4 Å². The molecule has 0 radical (unpaired) electrons. The molecule has 1 atom stereocenters. The Morgan fingerprint density at radius 1 is 1.20 bits per heavy atom. The first-order valence-corrected chi connectivity index (χ1v) is 12.5. The number of carbonyl (C=O) groups excluding carboxylic acids is 2. The van der Waals surface area contributed by atoms with Gasteiger partial charge in [-0.15, -0.1) is 0 Å². The second kappa shape index (κ2) is 9.99. The Bertz CT molecular complexity index is 1250. The third-order valence-corrected chi connectivity index (χ3v) is 7.44. The summed E-state index contributed by atoms with van der Waals surface area (Å²) in [5.41, 5.74) is 4.60. The molecule has 1 N–H and O–H groups in total. The van der Waals surface area contributed by atoms with Gasteiger partial charge in [-0.2, -0.15) is 0 Å². The van der Waals surface area contributed by atoms with E-state index in [-0.39, 0.29) is 5.24 Å². The fraction of sp³-hybridized carbons (Fsp3) is 0.333. The smallest absolute Gasteiger partial charge is 0.290 e. The van der Waals surface area contributed by atoms with E-state index < -0.39 is 11.5 Å². The molecule has 8 heteroatoms. The van der Waals surface area contributed by atoms with Gasteiger partial charge in [0.1, 0.15) is 36.1 Å². The van der Waals surface area contributed by atoms with Crippen molar-refractivity contribution in [2.24, 2.45) is 0 Å². The first-order chi connectivity index (χ1) is 16.6. The van der Waals surface area contributed by atoms with E-state index in [4.69, 9.17) is 25.8 Å². The van der Waals surface area contributed by atoms with Gasteiger partial charge in [0, 0.05) is 5.56 Å². The van der Waals surface area contributed by atoms with Crippen molar-refractivity contribution in [3.05, 3.63) is 68.6 Å². The van der Waals surface area contributed by atoms with E-state index in [1.807, 2.05) is 13.8 Å². The molecular weight excluding hydrogens is 486 g/mol. The Kier molecular flexibility index (Phi) is 7.20. The Hall–Kier alpha value is -2.90. The topological polar surface area (TPSA) is 73.9 Å². The van der Waals surface area contributed by atoms with Crippen LogP contribution in [0.3, 0.4) is 0 Å². The zero-order valence-electron chi connectivity index (χ0n) is 20.2. The van der Waals surface area contributed by atoms with Gasteiger partial charge < -0.3 is 14.2 Å². The lowest BCUT2D eigenvalue weighted by Crippen LogP contribution is -2.42. The van der Waals surface area contributed by atoms with Crippen LogP contribution < -0.4 is 19.5 Å². The van der Waals surface area contributed by atoms with E-state index in [9.17, 15) is 9.59 Å². The van der Waals surface area contributed by atoms with Crippen LogP contribution in [0.1, 0.15) is 41.2 Å². The van der Waals surface area contributed by atoms with Crippen LogP contribution in [0.25, 0.3) is 6.08 Å². The SMILES string of the molecule is C=CCOc1c(C)c(C)c2c(c1C)CCC(C)(COc1ccc(/C=C3\SC(=O)NC3=O)cc1Cl)O2. The highest BCUT2D eigenvalue weighted by Crippen LogP contribution is 2.44. The number of benzene rings is 2. The van der Waals surface area contributed by atoms with Gasteiger partial charge >= 0.3 is 0 Å². The Morgan fingerprint density at radius 2 is 1.97 bits per heavy atom. The summed E-state index contributed by atoms with van der Waals surface area (Å²) >= 11 is 7.33. The van der Waals surface area contributed by atoms with Gasteiger partial charge in [0.05, 0.1) is 9.93 Å². The Balaban J connectivity index is 1.49. The molecule has 6 nitrogen and oxygen atoms in total. The van der Waals surface area contributed by atoms with E-state index >= 15 is 0 Å². The summed E-state index contributed by atoms with van der Waals surface area (Å²) in [6.45, 7) is 12.8. The molecule has 184 valence electrons. The number of halogens is 1. The Labute approximate surface area is 214 Å². The first kappa shape index (κ1) is 25.2. The molecule has 2 aliphatic rings. The van der Waals surface area contributed by atoms with Gasteiger partial charge in [-0.3, -0.25) is 14.9 Å². The maximum Gasteiger partial charge on any atom is 0.290 e. The molecule has 4 rings (SSSR count). The predicted octanol–water partition coefficient (Wildman–Crippen LogP) is 6.32. The summed E-state index contributed by atoms with van der Waals surface area (Å²) in [7, 11) is 0. The van der Waals surface area contributed by atoms with Gasteiger partial charge in [0.25, 0.3) is 11.1 Å². The summed E-state index contributed by atoms with van der Waals surface area (Å²) in [4.78, 5) is 23.5. The molecule has 2 aliphatic heterocycles. The van der Waals surface area contributed by atoms with Gasteiger partial charge in [-0.25, -0.2) is 0 Å². The summed E-state index contributed by atoms with van der Waals surface area (Å²) < 4.78 is 18.6. The third kappa shape index (κ3) is 5.21. The molecule has 2 aromatic rings. The molecule has 2 aromatic carbocycles. The largest absolute Gasteiger partial charge is 0.489 e. The number of amides is 2. The van der Waals surface area contributed by atoms with E-state index in [0.717, 1.165) is 52.8 Å². The van der Waals surface area contributed by atoms with Gasteiger partial charge in [-0.1, -0.05) is 30.3 Å². The van der Waals surface area contributed by atoms with Gasteiger partial charge in [-0.05, 0) is 92.8 Å². The van der Waals surface area contributed by atoms with Crippen LogP contribution >= 0.6 is 23.4 Å². The molecule has 1 fully saturated rings. The molecule has 0 bridgehead atoms. The fourth-order valence-electron chi connectivity index (χ4n) is 4.27. The normalized spacial score (nSPS) is 20.3. The lowest BCUT2D eigenvalue weighted by atomic mass is 9.87. The van der Waals surface area contributed by atoms with Crippen molar-refractivity contribution in [2.75, 3.05) is 13.2 Å². The number of thioether (sulfide) groups is 1. The van der Waals surface area contributed by atoms with Crippen molar-refractivity contribution in [1.29, 1.82) is 0 Å². The summed E-state index contributed by atoms with van der Waals surface area (Å²) in [6, 6.07) is 5.27. The van der Waals surface area contributed by atoms with Crippen molar-refractivity contribution in [1.82, 2.24) is 5.32 Å². The Morgan fingerprint density at radius 3 is 2.63 bits per heavy atom. The summed E-state index contributed by atoms with van der Waals surface area (Å²) in [6.07, 6.45) is 5.01. The molecule has 0 spiro atoms. The number of fused-ring (bicyclic) bond motifs is 1. The summed E-state index contributed by atoms with van der Waals surface area (Å²) in [5.74, 6) is 1.93. The first-order valence-electron chi connectivity index (χ1n) is 11.3. The second-order valence-electron chi connectivity index (χ2n) is 8.99. The minimum atomic E-state index is -0.525. The monoisotopic (exact) mass is 513 g/mol. The number of carbonyl (C=O) groups is 2. The lowest BCUT2D eigenvalue weighted by Gasteiger charge is -2.38. The number of imide groups is 1. The molecule has 0 aliphatic carbocycles. The average molecular weight is 514 g/mol. The highest BCUT2D eigenvalue weighted by molar-refractivity contribution is 8.18. The molecule has 0 aromatic heterocycles. The number of hydrogen-bond acceptors (Lipinski definition) is 6. The molecule has 0 saturated carbocycles. The molecule has 1 saturated heterocycles.